The summed E-state index contributed by atoms with van der Waals surface area (Å²) in [6.07, 6.45) is 1.22. The molecule has 0 radical (unpaired) electrons. The van der Waals surface area contributed by atoms with Gasteiger partial charge in [-0.05, 0) is 33.3 Å². The lowest BCUT2D eigenvalue weighted by Crippen LogP contribution is -2.39. The largest absolute Gasteiger partial charge is 0.301 e. The zero-order chi connectivity index (χ0) is 9.28. The highest BCUT2D eigenvalue weighted by molar-refractivity contribution is 5.14. The third-order valence-electron chi connectivity index (χ3n) is 1.67. The van der Waals surface area contributed by atoms with Crippen LogP contribution in [-0.4, -0.2) is 11.6 Å². The standard InChI is InChI=1S/C8H13F3/c1-5-6(2)8(10,11)7(3,4)9/h5H,1-4H3. The molecule has 0 aromatic carbocycles. The first-order valence-corrected chi connectivity index (χ1v) is 3.43. The second kappa shape index (κ2) is 2.88. The SMILES string of the molecule is CC=C(C)C(F)(F)C(C)(C)F. The summed E-state index contributed by atoms with van der Waals surface area (Å²) in [5, 5.41) is 0. The Labute approximate surface area is 65.1 Å². The molecule has 11 heavy (non-hydrogen) atoms. The summed E-state index contributed by atoms with van der Waals surface area (Å²) in [6, 6.07) is 0. The van der Waals surface area contributed by atoms with Gasteiger partial charge in [-0.15, -0.1) is 0 Å². The summed E-state index contributed by atoms with van der Waals surface area (Å²) in [5.74, 6) is -3.36. The molecule has 0 atom stereocenters. The van der Waals surface area contributed by atoms with Crippen molar-refractivity contribution >= 4 is 0 Å². The van der Waals surface area contributed by atoms with E-state index in [0.717, 1.165) is 13.8 Å². The number of halogens is 3. The third kappa shape index (κ3) is 1.98. The van der Waals surface area contributed by atoms with Crippen molar-refractivity contribution in [1.29, 1.82) is 0 Å². The lowest BCUT2D eigenvalue weighted by molar-refractivity contribution is -0.0884. The summed E-state index contributed by atoms with van der Waals surface area (Å²) in [6.45, 7) is 4.44. The number of rotatable bonds is 2. The molecule has 0 nitrogen and oxygen atoms in total. The Morgan fingerprint density at radius 3 is 1.64 bits per heavy atom. The number of alkyl halides is 3. The van der Waals surface area contributed by atoms with Crippen LogP contribution < -0.4 is 0 Å². The van der Waals surface area contributed by atoms with Gasteiger partial charge in [-0.1, -0.05) is 6.08 Å². The third-order valence-corrected chi connectivity index (χ3v) is 1.67. The molecule has 0 rings (SSSR count). The number of hydrogen-bond acceptors (Lipinski definition) is 0. The zero-order valence-corrected chi connectivity index (χ0v) is 7.21. The molecule has 0 aliphatic rings. The predicted octanol–water partition coefficient (Wildman–Crippen LogP) is 3.34. The molecule has 0 bridgehead atoms. The van der Waals surface area contributed by atoms with Crippen molar-refractivity contribution in [2.45, 2.75) is 39.3 Å². The van der Waals surface area contributed by atoms with Crippen molar-refractivity contribution in [2.24, 2.45) is 0 Å². The molecule has 0 N–H and O–H groups in total. The Bertz CT molecular complexity index is 163. The minimum atomic E-state index is -3.36. The summed E-state index contributed by atoms with van der Waals surface area (Å²) >= 11 is 0. The van der Waals surface area contributed by atoms with E-state index in [4.69, 9.17) is 0 Å². The molecule has 0 aliphatic heterocycles. The maximum Gasteiger partial charge on any atom is 0.301 e. The van der Waals surface area contributed by atoms with Gasteiger partial charge >= 0.3 is 5.92 Å². The second-order valence-electron chi connectivity index (χ2n) is 3.02. The highest BCUT2D eigenvalue weighted by Gasteiger charge is 2.48. The first-order valence-electron chi connectivity index (χ1n) is 3.43. The smallest absolute Gasteiger partial charge is 0.237 e. The molecule has 66 valence electrons. The van der Waals surface area contributed by atoms with Crippen LogP contribution in [0.3, 0.4) is 0 Å². The molecular formula is C8H13F3. The van der Waals surface area contributed by atoms with E-state index in [1.165, 1.54) is 19.9 Å². The Hall–Kier alpha value is -0.470. The van der Waals surface area contributed by atoms with Gasteiger partial charge in [-0.2, -0.15) is 8.78 Å². The maximum absolute atomic E-state index is 12.9. The first kappa shape index (κ1) is 10.5. The van der Waals surface area contributed by atoms with Gasteiger partial charge < -0.3 is 0 Å². The van der Waals surface area contributed by atoms with Crippen LogP contribution in [0.4, 0.5) is 13.2 Å². The lowest BCUT2D eigenvalue weighted by atomic mass is 9.96. The minimum Gasteiger partial charge on any atom is -0.237 e. The van der Waals surface area contributed by atoms with Crippen LogP contribution in [0.5, 0.6) is 0 Å². The van der Waals surface area contributed by atoms with Crippen molar-refractivity contribution in [3.8, 4) is 0 Å². The molecule has 0 amide bonds. The fourth-order valence-corrected chi connectivity index (χ4v) is 0.650. The molecule has 0 unspecified atom stereocenters. The van der Waals surface area contributed by atoms with Crippen LogP contribution in [0.2, 0.25) is 0 Å². The summed E-state index contributed by atoms with van der Waals surface area (Å²) < 4.78 is 38.6. The maximum atomic E-state index is 12.9. The quantitative estimate of drug-likeness (QED) is 0.552. The fraction of sp³-hybridized carbons (Fsp3) is 0.750. The van der Waals surface area contributed by atoms with Crippen LogP contribution in [0, 0.1) is 0 Å². The molecular weight excluding hydrogens is 153 g/mol. The van der Waals surface area contributed by atoms with Gasteiger partial charge in [0.2, 0.25) is 0 Å². The van der Waals surface area contributed by atoms with E-state index in [9.17, 15) is 13.2 Å². The highest BCUT2D eigenvalue weighted by Crippen LogP contribution is 2.37. The van der Waals surface area contributed by atoms with Crippen LogP contribution in [0.25, 0.3) is 0 Å². The van der Waals surface area contributed by atoms with E-state index >= 15 is 0 Å². The molecule has 0 aliphatic carbocycles. The number of allylic oxidation sites excluding steroid dienone is 2. The van der Waals surface area contributed by atoms with Crippen LogP contribution in [0.1, 0.15) is 27.7 Å². The van der Waals surface area contributed by atoms with Crippen molar-refractivity contribution in [2.75, 3.05) is 0 Å². The Morgan fingerprint density at radius 2 is 1.55 bits per heavy atom. The Balaban J connectivity index is 4.74. The van der Waals surface area contributed by atoms with Crippen molar-refractivity contribution in [3.63, 3.8) is 0 Å². The van der Waals surface area contributed by atoms with Crippen LogP contribution >= 0.6 is 0 Å². The van der Waals surface area contributed by atoms with Gasteiger partial charge in [0.05, 0.1) is 0 Å². The average molecular weight is 166 g/mol. The van der Waals surface area contributed by atoms with Gasteiger partial charge in [-0.25, -0.2) is 4.39 Å². The average Bonchev–Trinajstić information content (AvgIpc) is 1.83. The Morgan fingerprint density at radius 1 is 1.18 bits per heavy atom. The molecule has 0 aromatic heterocycles. The van der Waals surface area contributed by atoms with Gasteiger partial charge in [-0.3, -0.25) is 0 Å². The van der Waals surface area contributed by atoms with E-state index in [-0.39, 0.29) is 5.57 Å². The fourth-order valence-electron chi connectivity index (χ4n) is 0.650. The molecule has 3 heteroatoms. The van der Waals surface area contributed by atoms with E-state index in [0.29, 0.717) is 0 Å². The van der Waals surface area contributed by atoms with E-state index in [2.05, 4.69) is 0 Å². The number of hydrogen-bond donors (Lipinski definition) is 0. The lowest BCUT2D eigenvalue weighted by Gasteiger charge is -2.27. The van der Waals surface area contributed by atoms with Crippen molar-refractivity contribution < 1.29 is 13.2 Å². The summed E-state index contributed by atoms with van der Waals surface area (Å²) in [5.41, 5.74) is -2.71. The van der Waals surface area contributed by atoms with E-state index < -0.39 is 11.6 Å². The van der Waals surface area contributed by atoms with Crippen molar-refractivity contribution in [3.05, 3.63) is 11.6 Å². The summed E-state index contributed by atoms with van der Waals surface area (Å²) in [7, 11) is 0. The van der Waals surface area contributed by atoms with Crippen molar-refractivity contribution in [1.82, 2.24) is 0 Å². The predicted molar refractivity (Wildman–Crippen MR) is 39.6 cm³/mol. The molecule has 0 aromatic rings. The molecule has 0 heterocycles. The zero-order valence-electron chi connectivity index (χ0n) is 7.21. The van der Waals surface area contributed by atoms with Gasteiger partial charge in [0.15, 0.2) is 5.67 Å². The van der Waals surface area contributed by atoms with E-state index in [1.807, 2.05) is 0 Å². The summed E-state index contributed by atoms with van der Waals surface area (Å²) in [4.78, 5) is 0. The molecule has 0 fully saturated rings. The second-order valence-corrected chi connectivity index (χ2v) is 3.02. The van der Waals surface area contributed by atoms with Crippen LogP contribution in [-0.2, 0) is 0 Å². The van der Waals surface area contributed by atoms with Gasteiger partial charge in [0.25, 0.3) is 0 Å². The monoisotopic (exact) mass is 166 g/mol. The van der Waals surface area contributed by atoms with Gasteiger partial charge in [0, 0.05) is 0 Å². The highest BCUT2D eigenvalue weighted by atomic mass is 19.3. The topological polar surface area (TPSA) is 0 Å². The first-order chi connectivity index (χ1) is 4.73. The van der Waals surface area contributed by atoms with Gasteiger partial charge in [0.1, 0.15) is 0 Å². The van der Waals surface area contributed by atoms with E-state index in [1.54, 1.807) is 0 Å². The molecule has 0 spiro atoms. The minimum absolute atomic E-state index is 0.231. The molecule has 0 saturated carbocycles. The normalized spacial score (nSPS) is 15.4. The van der Waals surface area contributed by atoms with Crippen LogP contribution in [0.15, 0.2) is 11.6 Å². The molecule has 0 saturated heterocycles. The Kier molecular flexibility index (Phi) is 2.75.